The Morgan fingerprint density at radius 2 is 2.14 bits per heavy atom. The number of benzene rings is 1. The van der Waals surface area contributed by atoms with E-state index in [4.69, 9.17) is 4.42 Å². The Bertz CT molecular complexity index is 610. The lowest BCUT2D eigenvalue weighted by Gasteiger charge is -2.13. The van der Waals surface area contributed by atoms with Crippen LogP contribution in [-0.2, 0) is 4.79 Å². The smallest absolute Gasteiger partial charge is 0.277 e. The largest absolute Gasteiger partial charge is 0.416 e. The molecule has 1 fully saturated rings. The van der Waals surface area contributed by atoms with Crippen molar-refractivity contribution in [2.45, 2.75) is 36.9 Å². The molecule has 1 aromatic carbocycles. The van der Waals surface area contributed by atoms with Crippen LogP contribution in [0.1, 0.15) is 43.2 Å². The molecule has 0 saturated heterocycles. The Morgan fingerprint density at radius 1 is 1.38 bits per heavy atom. The number of nitrogens with one attached hydrogen (secondary N) is 1. The highest BCUT2D eigenvalue weighted by atomic mass is 32.2. The molecule has 1 amide bonds. The molecule has 5 nitrogen and oxygen atoms in total. The first-order valence-electron chi connectivity index (χ1n) is 7.03. The van der Waals surface area contributed by atoms with E-state index in [1.165, 1.54) is 11.8 Å². The van der Waals surface area contributed by atoms with Gasteiger partial charge < -0.3 is 9.73 Å². The van der Waals surface area contributed by atoms with E-state index < -0.39 is 0 Å². The van der Waals surface area contributed by atoms with E-state index in [9.17, 15) is 4.79 Å². The Labute approximate surface area is 127 Å². The fraction of sp³-hybridized carbons (Fsp3) is 0.400. The first-order valence-corrected chi connectivity index (χ1v) is 8.01. The van der Waals surface area contributed by atoms with Gasteiger partial charge in [0.05, 0.1) is 11.8 Å². The van der Waals surface area contributed by atoms with Crippen molar-refractivity contribution in [2.75, 3.05) is 5.75 Å². The summed E-state index contributed by atoms with van der Waals surface area (Å²) >= 11 is 1.28. The summed E-state index contributed by atoms with van der Waals surface area (Å²) in [6.07, 6.45) is 2.25. The molecule has 6 heteroatoms. The molecule has 0 spiro atoms. The Hall–Kier alpha value is -1.82. The van der Waals surface area contributed by atoms with Crippen LogP contribution in [-0.4, -0.2) is 21.9 Å². The van der Waals surface area contributed by atoms with Crippen LogP contribution in [0.2, 0.25) is 0 Å². The lowest BCUT2D eigenvalue weighted by atomic mass is 10.1. The highest BCUT2D eigenvalue weighted by Gasteiger charge is 2.29. The summed E-state index contributed by atoms with van der Waals surface area (Å²) in [4.78, 5) is 11.9. The van der Waals surface area contributed by atoms with E-state index in [1.54, 1.807) is 0 Å². The molecule has 110 valence electrons. The zero-order valence-electron chi connectivity index (χ0n) is 11.8. The molecule has 0 unspecified atom stereocenters. The molecular formula is C15H17N3O2S. The Morgan fingerprint density at radius 3 is 2.86 bits per heavy atom. The summed E-state index contributed by atoms with van der Waals surface area (Å²) in [5.41, 5.74) is 1.09. The molecule has 1 aromatic heterocycles. The maximum atomic E-state index is 11.9. The summed E-state index contributed by atoms with van der Waals surface area (Å²) in [5, 5.41) is 11.4. The first-order chi connectivity index (χ1) is 10.2. The second-order valence-electron chi connectivity index (χ2n) is 5.17. The van der Waals surface area contributed by atoms with Crippen LogP contribution in [0.3, 0.4) is 0 Å². The number of carbonyl (C=O) groups is 1. The maximum Gasteiger partial charge on any atom is 0.277 e. The van der Waals surface area contributed by atoms with Crippen molar-refractivity contribution in [2.24, 2.45) is 0 Å². The van der Waals surface area contributed by atoms with Gasteiger partial charge in [-0.3, -0.25) is 4.79 Å². The maximum absolute atomic E-state index is 11.9. The van der Waals surface area contributed by atoms with E-state index in [2.05, 4.69) is 15.5 Å². The average molecular weight is 303 g/mol. The van der Waals surface area contributed by atoms with Crippen LogP contribution < -0.4 is 5.32 Å². The molecule has 1 aliphatic rings. The van der Waals surface area contributed by atoms with Crippen molar-refractivity contribution in [3.05, 3.63) is 41.8 Å². The SMILES string of the molecule is C[C@@H](NC(=O)CSc1nnc(C2CC2)o1)c1ccccc1. The number of amides is 1. The molecule has 2 aromatic rings. The fourth-order valence-electron chi connectivity index (χ4n) is 2.01. The normalized spacial score (nSPS) is 15.7. The van der Waals surface area contributed by atoms with Crippen LogP contribution in [0.4, 0.5) is 0 Å². The van der Waals surface area contributed by atoms with Gasteiger partial charge in [-0.05, 0) is 25.3 Å². The fourth-order valence-corrected chi connectivity index (χ4v) is 2.59. The molecule has 3 rings (SSSR count). The highest BCUT2D eigenvalue weighted by molar-refractivity contribution is 7.99. The quantitative estimate of drug-likeness (QED) is 0.831. The third-order valence-corrected chi connectivity index (χ3v) is 4.17. The van der Waals surface area contributed by atoms with Crippen LogP contribution in [0.5, 0.6) is 0 Å². The second-order valence-corrected chi connectivity index (χ2v) is 6.10. The molecule has 21 heavy (non-hydrogen) atoms. The molecule has 0 radical (unpaired) electrons. The van der Waals surface area contributed by atoms with Gasteiger partial charge in [0.2, 0.25) is 11.8 Å². The van der Waals surface area contributed by atoms with Crippen LogP contribution in [0.15, 0.2) is 40.0 Å². The minimum Gasteiger partial charge on any atom is -0.416 e. The van der Waals surface area contributed by atoms with Gasteiger partial charge in [-0.25, -0.2) is 0 Å². The number of thioether (sulfide) groups is 1. The number of rotatable bonds is 6. The molecule has 1 atom stereocenters. The van der Waals surface area contributed by atoms with Gasteiger partial charge in [0.1, 0.15) is 0 Å². The zero-order chi connectivity index (χ0) is 14.7. The van der Waals surface area contributed by atoms with E-state index in [-0.39, 0.29) is 17.7 Å². The Balaban J connectivity index is 1.47. The summed E-state index contributed by atoms with van der Waals surface area (Å²) in [5.74, 6) is 1.39. The van der Waals surface area contributed by atoms with Crippen LogP contribution in [0.25, 0.3) is 0 Å². The van der Waals surface area contributed by atoms with Crippen LogP contribution in [0, 0.1) is 0 Å². The molecule has 0 aliphatic heterocycles. The number of aromatic nitrogens is 2. The topological polar surface area (TPSA) is 68.0 Å². The third kappa shape index (κ3) is 3.85. The molecule has 1 saturated carbocycles. The van der Waals surface area contributed by atoms with Gasteiger partial charge in [0, 0.05) is 5.92 Å². The third-order valence-electron chi connectivity index (χ3n) is 3.35. The molecule has 1 N–H and O–H groups in total. The van der Waals surface area contributed by atoms with Gasteiger partial charge in [-0.1, -0.05) is 42.1 Å². The standard InChI is InChI=1S/C15H17N3O2S/c1-10(11-5-3-2-4-6-11)16-13(19)9-21-15-18-17-14(20-15)12-7-8-12/h2-6,10,12H,7-9H2,1H3,(H,16,19)/t10-/m1/s1. The predicted octanol–water partition coefficient (Wildman–Crippen LogP) is 2.92. The van der Waals surface area contributed by atoms with Gasteiger partial charge in [0.25, 0.3) is 5.22 Å². The Kier molecular flexibility index (Phi) is 4.24. The molecule has 1 aliphatic carbocycles. The number of carbonyl (C=O) groups excluding carboxylic acids is 1. The van der Waals surface area contributed by atoms with Gasteiger partial charge in [0.15, 0.2) is 0 Å². The van der Waals surface area contributed by atoms with Crippen molar-refractivity contribution >= 4 is 17.7 Å². The monoisotopic (exact) mass is 303 g/mol. The first kappa shape index (κ1) is 14.1. The second kappa shape index (κ2) is 6.30. The zero-order valence-corrected chi connectivity index (χ0v) is 12.6. The van der Waals surface area contributed by atoms with E-state index in [0.29, 0.717) is 17.0 Å². The van der Waals surface area contributed by atoms with Crippen molar-refractivity contribution in [3.8, 4) is 0 Å². The van der Waals surface area contributed by atoms with Crippen LogP contribution >= 0.6 is 11.8 Å². The lowest BCUT2D eigenvalue weighted by molar-refractivity contribution is -0.119. The van der Waals surface area contributed by atoms with E-state index in [0.717, 1.165) is 18.4 Å². The lowest BCUT2D eigenvalue weighted by Crippen LogP contribution is -2.28. The van der Waals surface area contributed by atoms with Gasteiger partial charge >= 0.3 is 0 Å². The van der Waals surface area contributed by atoms with Gasteiger partial charge in [-0.15, -0.1) is 10.2 Å². The number of nitrogens with zero attached hydrogens (tertiary/aromatic N) is 2. The van der Waals surface area contributed by atoms with Crippen molar-refractivity contribution in [3.63, 3.8) is 0 Å². The minimum atomic E-state index is -0.0393. The minimum absolute atomic E-state index is 0.0102. The number of hydrogen-bond donors (Lipinski definition) is 1. The summed E-state index contributed by atoms with van der Waals surface area (Å²) in [6.45, 7) is 1.97. The van der Waals surface area contributed by atoms with Crippen molar-refractivity contribution < 1.29 is 9.21 Å². The van der Waals surface area contributed by atoms with Crippen molar-refractivity contribution in [1.82, 2.24) is 15.5 Å². The van der Waals surface area contributed by atoms with E-state index in [1.807, 2.05) is 37.3 Å². The molecular weight excluding hydrogens is 286 g/mol. The van der Waals surface area contributed by atoms with E-state index >= 15 is 0 Å². The molecule has 1 heterocycles. The number of hydrogen-bond acceptors (Lipinski definition) is 5. The molecule has 0 bridgehead atoms. The average Bonchev–Trinajstić information content (AvgIpc) is 3.25. The highest BCUT2D eigenvalue weighted by Crippen LogP contribution is 2.39. The van der Waals surface area contributed by atoms with Gasteiger partial charge in [-0.2, -0.15) is 0 Å². The predicted molar refractivity (Wildman–Crippen MR) is 80.0 cm³/mol. The summed E-state index contributed by atoms with van der Waals surface area (Å²) in [6, 6.07) is 9.87. The summed E-state index contributed by atoms with van der Waals surface area (Å²) < 4.78 is 5.51. The summed E-state index contributed by atoms with van der Waals surface area (Å²) in [7, 11) is 0. The van der Waals surface area contributed by atoms with Crippen molar-refractivity contribution in [1.29, 1.82) is 0 Å².